The summed E-state index contributed by atoms with van der Waals surface area (Å²) in [5.41, 5.74) is 0. The summed E-state index contributed by atoms with van der Waals surface area (Å²) in [6, 6.07) is 3.81. The normalized spacial score (nSPS) is 18.7. The quantitative estimate of drug-likeness (QED) is 0.843. The molecule has 106 valence electrons. The van der Waals surface area contributed by atoms with Gasteiger partial charge in [-0.1, -0.05) is 0 Å². The van der Waals surface area contributed by atoms with Crippen molar-refractivity contribution in [3.8, 4) is 0 Å². The van der Waals surface area contributed by atoms with Crippen LogP contribution < -0.4 is 5.32 Å². The van der Waals surface area contributed by atoms with E-state index in [1.54, 1.807) is 11.9 Å². The van der Waals surface area contributed by atoms with Gasteiger partial charge in [0.1, 0.15) is 11.5 Å². The lowest BCUT2D eigenvalue weighted by atomic mass is 10.2. The first-order valence-corrected chi connectivity index (χ1v) is 6.77. The van der Waals surface area contributed by atoms with Gasteiger partial charge in [-0.3, -0.25) is 4.79 Å². The lowest BCUT2D eigenvalue weighted by Gasteiger charge is -2.17. The molecule has 0 bridgehead atoms. The molecule has 1 amide bonds. The third kappa shape index (κ3) is 4.36. The number of rotatable bonds is 6. The second-order valence-electron chi connectivity index (χ2n) is 5.03. The predicted octanol–water partition coefficient (Wildman–Crippen LogP) is 1.32. The number of nitrogens with one attached hydrogen (secondary N) is 1. The molecule has 0 aliphatic carbocycles. The van der Waals surface area contributed by atoms with E-state index in [1.165, 1.54) is 0 Å². The van der Waals surface area contributed by atoms with E-state index in [4.69, 9.17) is 9.15 Å². The Kier molecular flexibility index (Phi) is 4.99. The minimum atomic E-state index is 0.0621. The molecule has 1 aromatic heterocycles. The third-order valence-electron chi connectivity index (χ3n) is 3.29. The van der Waals surface area contributed by atoms with E-state index < -0.39 is 0 Å². The summed E-state index contributed by atoms with van der Waals surface area (Å²) >= 11 is 0. The molecule has 0 radical (unpaired) electrons. The van der Waals surface area contributed by atoms with Gasteiger partial charge in [-0.15, -0.1) is 0 Å². The Hall–Kier alpha value is -1.33. The fourth-order valence-corrected chi connectivity index (χ4v) is 2.17. The van der Waals surface area contributed by atoms with E-state index in [0.29, 0.717) is 13.1 Å². The largest absolute Gasteiger partial charge is 0.464 e. The molecule has 1 atom stereocenters. The maximum absolute atomic E-state index is 11.9. The monoisotopic (exact) mass is 266 g/mol. The van der Waals surface area contributed by atoms with E-state index in [2.05, 4.69) is 5.32 Å². The zero-order valence-corrected chi connectivity index (χ0v) is 11.6. The molecule has 5 nitrogen and oxygen atoms in total. The SMILES string of the molecule is Cc1ccc(CN(C)C(=O)CNCC2CCCO2)o1. The van der Waals surface area contributed by atoms with Crippen molar-refractivity contribution >= 4 is 5.91 Å². The maximum atomic E-state index is 11.9. The van der Waals surface area contributed by atoms with Crippen LogP contribution in [0.2, 0.25) is 0 Å². The molecular formula is C14H22N2O3. The van der Waals surface area contributed by atoms with Gasteiger partial charge in [0.05, 0.1) is 19.2 Å². The first-order valence-electron chi connectivity index (χ1n) is 6.77. The van der Waals surface area contributed by atoms with Gasteiger partial charge in [-0.05, 0) is 31.9 Å². The van der Waals surface area contributed by atoms with E-state index in [9.17, 15) is 4.79 Å². The molecule has 1 fully saturated rings. The molecule has 1 saturated heterocycles. The smallest absolute Gasteiger partial charge is 0.236 e. The summed E-state index contributed by atoms with van der Waals surface area (Å²) < 4.78 is 10.9. The van der Waals surface area contributed by atoms with Crippen LogP contribution in [0, 0.1) is 6.92 Å². The summed E-state index contributed by atoms with van der Waals surface area (Å²) in [4.78, 5) is 13.6. The lowest BCUT2D eigenvalue weighted by Crippen LogP contribution is -2.37. The second-order valence-corrected chi connectivity index (χ2v) is 5.03. The first-order chi connectivity index (χ1) is 9.15. The molecule has 5 heteroatoms. The molecule has 1 aromatic rings. The number of likely N-dealkylation sites (N-methyl/N-ethyl adjacent to an activating group) is 1. The average molecular weight is 266 g/mol. The third-order valence-corrected chi connectivity index (χ3v) is 3.29. The highest BCUT2D eigenvalue weighted by Gasteiger charge is 2.16. The topological polar surface area (TPSA) is 54.7 Å². The van der Waals surface area contributed by atoms with Gasteiger partial charge in [0, 0.05) is 20.2 Å². The van der Waals surface area contributed by atoms with Crippen LogP contribution in [0.25, 0.3) is 0 Å². The van der Waals surface area contributed by atoms with E-state index in [-0.39, 0.29) is 12.0 Å². The Labute approximate surface area is 113 Å². The van der Waals surface area contributed by atoms with Crippen molar-refractivity contribution in [2.75, 3.05) is 26.7 Å². The van der Waals surface area contributed by atoms with Crippen LogP contribution in [0.5, 0.6) is 0 Å². The number of furan rings is 1. The van der Waals surface area contributed by atoms with Crippen LogP contribution in [0.15, 0.2) is 16.5 Å². The van der Waals surface area contributed by atoms with Crippen molar-refractivity contribution < 1.29 is 13.9 Å². The molecule has 0 saturated carbocycles. The maximum Gasteiger partial charge on any atom is 0.236 e. The fraction of sp³-hybridized carbons (Fsp3) is 0.643. The number of nitrogens with zero attached hydrogens (tertiary/aromatic N) is 1. The Morgan fingerprint density at radius 3 is 3.00 bits per heavy atom. The van der Waals surface area contributed by atoms with Crippen molar-refractivity contribution in [2.45, 2.75) is 32.4 Å². The number of aryl methyl sites for hydroxylation is 1. The molecule has 1 aliphatic rings. The summed E-state index contributed by atoms with van der Waals surface area (Å²) in [5, 5.41) is 3.15. The van der Waals surface area contributed by atoms with Gasteiger partial charge in [-0.25, -0.2) is 0 Å². The zero-order chi connectivity index (χ0) is 13.7. The average Bonchev–Trinajstić information content (AvgIpc) is 3.01. The van der Waals surface area contributed by atoms with Crippen LogP contribution in [0.1, 0.15) is 24.4 Å². The van der Waals surface area contributed by atoms with Crippen LogP contribution >= 0.6 is 0 Å². The predicted molar refractivity (Wildman–Crippen MR) is 71.8 cm³/mol. The minimum absolute atomic E-state index is 0.0621. The summed E-state index contributed by atoms with van der Waals surface area (Å²) in [7, 11) is 1.79. The number of carbonyl (C=O) groups is 1. The van der Waals surface area contributed by atoms with Gasteiger partial charge in [0.2, 0.25) is 5.91 Å². The van der Waals surface area contributed by atoms with Gasteiger partial charge < -0.3 is 19.4 Å². The molecule has 0 spiro atoms. The number of carbonyl (C=O) groups excluding carboxylic acids is 1. The molecule has 1 N–H and O–H groups in total. The number of amides is 1. The van der Waals surface area contributed by atoms with Crippen molar-refractivity contribution in [3.05, 3.63) is 23.7 Å². The van der Waals surface area contributed by atoms with Gasteiger partial charge >= 0.3 is 0 Å². The molecule has 19 heavy (non-hydrogen) atoms. The van der Waals surface area contributed by atoms with Crippen molar-refractivity contribution in [1.29, 1.82) is 0 Å². The summed E-state index contributed by atoms with van der Waals surface area (Å²) in [6.45, 7) is 4.34. The van der Waals surface area contributed by atoms with Crippen molar-refractivity contribution in [2.24, 2.45) is 0 Å². The minimum Gasteiger partial charge on any atom is -0.464 e. The van der Waals surface area contributed by atoms with Crippen molar-refractivity contribution in [3.63, 3.8) is 0 Å². The molecule has 0 aromatic carbocycles. The number of hydrogen-bond acceptors (Lipinski definition) is 4. The van der Waals surface area contributed by atoms with Crippen LogP contribution in [0.3, 0.4) is 0 Å². The van der Waals surface area contributed by atoms with E-state index in [1.807, 2.05) is 19.1 Å². The lowest BCUT2D eigenvalue weighted by molar-refractivity contribution is -0.129. The second kappa shape index (κ2) is 6.73. The molecular weight excluding hydrogens is 244 g/mol. The van der Waals surface area contributed by atoms with Gasteiger partial charge in [0.15, 0.2) is 0 Å². The van der Waals surface area contributed by atoms with Gasteiger partial charge in [0.25, 0.3) is 0 Å². The Balaban J connectivity index is 1.67. The molecule has 2 rings (SSSR count). The number of hydrogen-bond donors (Lipinski definition) is 1. The standard InChI is InChI=1S/C14H22N2O3/c1-11-5-6-13(19-11)10-16(2)14(17)9-15-8-12-4-3-7-18-12/h5-6,12,15H,3-4,7-10H2,1-2H3. The summed E-state index contributed by atoms with van der Waals surface area (Å²) in [5.74, 6) is 1.74. The highest BCUT2D eigenvalue weighted by molar-refractivity contribution is 5.77. The van der Waals surface area contributed by atoms with Crippen LogP contribution in [-0.4, -0.2) is 43.7 Å². The molecule has 1 unspecified atom stereocenters. The fourth-order valence-electron chi connectivity index (χ4n) is 2.17. The Morgan fingerprint density at radius 1 is 1.53 bits per heavy atom. The molecule has 2 heterocycles. The first kappa shape index (κ1) is 14.1. The van der Waals surface area contributed by atoms with Crippen LogP contribution in [0.4, 0.5) is 0 Å². The van der Waals surface area contributed by atoms with Crippen molar-refractivity contribution in [1.82, 2.24) is 10.2 Å². The highest BCUT2D eigenvalue weighted by atomic mass is 16.5. The highest BCUT2D eigenvalue weighted by Crippen LogP contribution is 2.10. The zero-order valence-electron chi connectivity index (χ0n) is 11.6. The number of ether oxygens (including phenoxy) is 1. The molecule has 1 aliphatic heterocycles. The Bertz CT molecular complexity index is 411. The van der Waals surface area contributed by atoms with Crippen LogP contribution in [-0.2, 0) is 16.1 Å². The van der Waals surface area contributed by atoms with E-state index in [0.717, 1.165) is 37.5 Å². The van der Waals surface area contributed by atoms with E-state index >= 15 is 0 Å². The van der Waals surface area contributed by atoms with Gasteiger partial charge in [-0.2, -0.15) is 0 Å². The Morgan fingerprint density at radius 2 is 2.37 bits per heavy atom. The summed E-state index contributed by atoms with van der Waals surface area (Å²) in [6.07, 6.45) is 2.48.